The monoisotopic (exact) mass is 620 g/mol. The molecule has 0 heterocycles. The summed E-state index contributed by atoms with van der Waals surface area (Å²) < 4.78 is 11.6. The van der Waals surface area contributed by atoms with Crippen molar-refractivity contribution in [1.29, 1.82) is 0 Å². The second-order valence-electron chi connectivity index (χ2n) is 12.3. The molecule has 3 rings (SSSR count). The van der Waals surface area contributed by atoms with Gasteiger partial charge in [0.05, 0.1) is 6.10 Å². The third-order valence-electron chi connectivity index (χ3n) is 9.30. The first-order chi connectivity index (χ1) is 20.7. The highest BCUT2D eigenvalue weighted by molar-refractivity contribution is 7.80. The number of amides is 2. The Morgan fingerprint density at radius 3 is 2.63 bits per heavy atom. The van der Waals surface area contributed by atoms with Gasteiger partial charge < -0.3 is 25.0 Å². The van der Waals surface area contributed by atoms with Gasteiger partial charge in [-0.3, -0.25) is 9.69 Å². The van der Waals surface area contributed by atoms with E-state index in [0.29, 0.717) is 37.0 Å². The lowest BCUT2D eigenvalue weighted by Gasteiger charge is -2.33. The highest BCUT2D eigenvalue weighted by Crippen LogP contribution is 2.48. The highest BCUT2D eigenvalue weighted by atomic mass is 32.1. The van der Waals surface area contributed by atoms with Gasteiger partial charge in [-0.25, -0.2) is 9.59 Å². The molecule has 2 aliphatic carbocycles. The Morgan fingerprint density at radius 1 is 1.12 bits per heavy atom. The molecule has 1 fully saturated rings. The lowest BCUT2D eigenvalue weighted by Crippen LogP contribution is -2.47. The van der Waals surface area contributed by atoms with Gasteiger partial charge >= 0.3 is 12.1 Å². The van der Waals surface area contributed by atoms with Crippen LogP contribution in [-0.4, -0.2) is 77.3 Å². The Bertz CT molecular complexity index is 1050. The fourth-order valence-electron chi connectivity index (χ4n) is 6.67. The number of nitrogens with zero attached hydrogens (tertiary/aromatic N) is 1. The van der Waals surface area contributed by atoms with Crippen LogP contribution < -0.4 is 10.1 Å². The smallest absolute Gasteiger partial charge is 0.410 e. The van der Waals surface area contributed by atoms with Crippen molar-refractivity contribution in [3.8, 4) is 5.75 Å². The number of thiol groups is 1. The van der Waals surface area contributed by atoms with E-state index in [-0.39, 0.29) is 24.5 Å². The van der Waals surface area contributed by atoms with Crippen LogP contribution in [0, 0.1) is 17.8 Å². The van der Waals surface area contributed by atoms with Crippen molar-refractivity contribution in [2.75, 3.05) is 26.0 Å². The normalized spacial score (nSPS) is 22.2. The van der Waals surface area contributed by atoms with Gasteiger partial charge in [-0.15, -0.1) is 0 Å². The molecule has 2 amide bonds. The molecule has 0 unspecified atom stereocenters. The number of nitrogens with one attached hydrogen (secondary N) is 1. The third kappa shape index (κ3) is 10.3. The zero-order valence-corrected chi connectivity index (χ0v) is 27.0. The van der Waals surface area contributed by atoms with Crippen LogP contribution in [0.15, 0.2) is 18.2 Å². The molecule has 0 saturated heterocycles. The van der Waals surface area contributed by atoms with E-state index in [4.69, 9.17) is 14.6 Å². The van der Waals surface area contributed by atoms with Gasteiger partial charge in [-0.05, 0) is 105 Å². The number of benzene rings is 1. The van der Waals surface area contributed by atoms with Gasteiger partial charge in [0.15, 0.2) is 6.61 Å². The van der Waals surface area contributed by atoms with Gasteiger partial charge in [-0.1, -0.05) is 38.3 Å². The number of fused-ring (bicyclic) bond motifs is 2. The number of aliphatic carboxylic acids is 1. The largest absolute Gasteiger partial charge is 0.482 e. The first kappa shape index (κ1) is 35.0. The zero-order valence-electron chi connectivity index (χ0n) is 26.1. The van der Waals surface area contributed by atoms with Crippen molar-refractivity contribution < 1.29 is 34.1 Å². The number of carbonyl (C=O) groups excluding carboxylic acids is 2. The fraction of sp³-hybridized carbons (Fsp3) is 0.727. The van der Waals surface area contributed by atoms with Crippen LogP contribution >= 0.6 is 12.6 Å². The van der Waals surface area contributed by atoms with Crippen molar-refractivity contribution in [1.82, 2.24) is 10.2 Å². The summed E-state index contributed by atoms with van der Waals surface area (Å²) in [5, 5.41) is 23.1. The predicted molar refractivity (Wildman–Crippen MR) is 170 cm³/mol. The zero-order chi connectivity index (χ0) is 31.4. The van der Waals surface area contributed by atoms with Gasteiger partial charge in [0.2, 0.25) is 5.91 Å². The second kappa shape index (κ2) is 17.7. The average Bonchev–Trinajstić information content (AvgIpc) is 3.29. The Morgan fingerprint density at radius 2 is 1.91 bits per heavy atom. The summed E-state index contributed by atoms with van der Waals surface area (Å²) in [7, 11) is 1.61. The maximum atomic E-state index is 13.1. The molecule has 0 aliphatic heterocycles. The standard InChI is InChI=1S/C33H52N2O7S/c1-4-5-7-12-25(42-33(40)35(3)22(2)32(39)34-16-8-6-9-17-43)14-15-26-27-18-23-11-10-13-30(41-21-31(37)38)28(23)19-24(27)20-29(26)36/h10-11,13,22,24-27,29,36,43H,4-9,12,14-21H2,1-3H3,(H,34,39)(H,37,38)/t22-,24+,25+,26-,27+,29-/m1/s1. The highest BCUT2D eigenvalue weighted by Gasteiger charge is 2.45. The molecule has 0 aromatic heterocycles. The number of ether oxygens (including phenoxy) is 2. The summed E-state index contributed by atoms with van der Waals surface area (Å²) in [6, 6.07) is 5.16. The Kier molecular flexibility index (Phi) is 14.4. The molecule has 1 saturated carbocycles. The summed E-state index contributed by atoms with van der Waals surface area (Å²) in [6.07, 6.45) is 9.20. The quantitative estimate of drug-likeness (QED) is 0.130. The SMILES string of the molecule is CCCCC[C@@H](CC[C@@H]1[C@H]2Cc3cccc(OCC(=O)O)c3C[C@H]2C[C@H]1O)OC(=O)N(C)[C@H](C)C(=O)NCCCCCS. The van der Waals surface area contributed by atoms with Crippen LogP contribution in [0.3, 0.4) is 0 Å². The molecule has 43 heavy (non-hydrogen) atoms. The number of hydrogen-bond donors (Lipinski definition) is 4. The summed E-state index contributed by atoms with van der Waals surface area (Å²) in [4.78, 5) is 38.2. The van der Waals surface area contributed by atoms with E-state index in [1.54, 1.807) is 14.0 Å². The minimum atomic E-state index is -1.00. The van der Waals surface area contributed by atoms with E-state index in [2.05, 4.69) is 30.9 Å². The minimum absolute atomic E-state index is 0.0964. The fourth-order valence-corrected chi connectivity index (χ4v) is 6.90. The molecule has 0 bridgehead atoms. The Hall–Kier alpha value is -2.46. The van der Waals surface area contributed by atoms with Crippen molar-refractivity contribution in [2.24, 2.45) is 17.8 Å². The first-order valence-electron chi connectivity index (χ1n) is 16.1. The van der Waals surface area contributed by atoms with Gasteiger partial charge in [0, 0.05) is 13.6 Å². The number of carboxylic acids is 1. The number of unbranched alkanes of at least 4 members (excludes halogenated alkanes) is 4. The summed E-state index contributed by atoms with van der Waals surface area (Å²) in [6.45, 7) is 4.06. The van der Waals surface area contributed by atoms with Gasteiger partial charge in [-0.2, -0.15) is 12.6 Å². The summed E-state index contributed by atoms with van der Waals surface area (Å²) in [5.74, 6) is 0.965. The number of carboxylic acid groups (broad SMARTS) is 1. The van der Waals surface area contributed by atoms with E-state index in [9.17, 15) is 19.5 Å². The molecule has 242 valence electrons. The average molecular weight is 621 g/mol. The van der Waals surface area contributed by atoms with Crippen molar-refractivity contribution >= 4 is 30.6 Å². The maximum absolute atomic E-state index is 13.1. The molecule has 9 nitrogen and oxygen atoms in total. The number of rotatable bonds is 18. The molecule has 0 radical (unpaired) electrons. The van der Waals surface area contributed by atoms with Crippen LogP contribution in [-0.2, 0) is 27.2 Å². The van der Waals surface area contributed by atoms with E-state index >= 15 is 0 Å². The topological polar surface area (TPSA) is 125 Å². The molecule has 10 heteroatoms. The second-order valence-corrected chi connectivity index (χ2v) is 12.8. The van der Waals surface area contributed by atoms with Crippen LogP contribution in [0.4, 0.5) is 4.79 Å². The molecule has 2 aliphatic rings. The molecule has 1 aromatic rings. The summed E-state index contributed by atoms with van der Waals surface area (Å²) >= 11 is 4.21. The number of aliphatic hydroxyl groups is 1. The van der Waals surface area contributed by atoms with E-state index < -0.39 is 24.2 Å². The van der Waals surface area contributed by atoms with E-state index in [0.717, 1.165) is 81.1 Å². The summed E-state index contributed by atoms with van der Waals surface area (Å²) in [5.41, 5.74) is 2.22. The molecular weight excluding hydrogens is 568 g/mol. The van der Waals surface area contributed by atoms with E-state index in [1.807, 2.05) is 12.1 Å². The Labute approximate surface area is 262 Å². The minimum Gasteiger partial charge on any atom is -0.482 e. The van der Waals surface area contributed by atoms with Crippen LogP contribution in [0.5, 0.6) is 5.75 Å². The van der Waals surface area contributed by atoms with Gasteiger partial charge in [0.25, 0.3) is 0 Å². The lowest BCUT2D eigenvalue weighted by atomic mass is 9.73. The molecular formula is C33H52N2O7S. The van der Waals surface area contributed by atoms with Crippen LogP contribution in [0.1, 0.15) is 89.2 Å². The number of aliphatic hydroxyl groups excluding tert-OH is 1. The number of carbonyl (C=O) groups is 3. The van der Waals surface area contributed by atoms with Crippen LogP contribution in [0.25, 0.3) is 0 Å². The number of hydrogen-bond acceptors (Lipinski definition) is 7. The molecule has 3 N–H and O–H groups in total. The Balaban J connectivity index is 1.59. The van der Waals surface area contributed by atoms with Crippen LogP contribution in [0.2, 0.25) is 0 Å². The van der Waals surface area contributed by atoms with Crippen molar-refractivity contribution in [3.05, 3.63) is 29.3 Å². The number of likely N-dealkylation sites (N-methyl/N-ethyl adjacent to an activating group) is 1. The predicted octanol–water partition coefficient (Wildman–Crippen LogP) is 5.26. The van der Waals surface area contributed by atoms with Gasteiger partial charge in [0.1, 0.15) is 17.9 Å². The molecule has 0 spiro atoms. The maximum Gasteiger partial charge on any atom is 0.410 e. The van der Waals surface area contributed by atoms with Crippen molar-refractivity contribution in [3.63, 3.8) is 0 Å². The molecule has 1 aromatic carbocycles. The van der Waals surface area contributed by atoms with E-state index in [1.165, 1.54) is 4.90 Å². The third-order valence-corrected chi connectivity index (χ3v) is 9.61. The first-order valence-corrected chi connectivity index (χ1v) is 16.7. The van der Waals surface area contributed by atoms with Crippen molar-refractivity contribution in [2.45, 2.75) is 109 Å². The lowest BCUT2D eigenvalue weighted by molar-refractivity contribution is -0.139. The molecule has 6 atom stereocenters.